The van der Waals surface area contributed by atoms with Crippen LogP contribution in [-0.2, 0) is 24.4 Å². The molecule has 0 saturated carbocycles. The zero-order chi connectivity index (χ0) is 27.7. The van der Waals surface area contributed by atoms with Gasteiger partial charge in [0, 0.05) is 48.7 Å². The van der Waals surface area contributed by atoms with Crippen LogP contribution in [0.15, 0.2) is 84.9 Å². The fraction of sp³-hybridized carbons (Fsp3) is 0.333. The van der Waals surface area contributed by atoms with Crippen molar-refractivity contribution in [3.05, 3.63) is 102 Å². The van der Waals surface area contributed by atoms with Gasteiger partial charge in [-0.05, 0) is 43.5 Å². The minimum Gasteiger partial charge on any atom is -0.496 e. The van der Waals surface area contributed by atoms with Gasteiger partial charge in [0.15, 0.2) is 0 Å². The third-order valence-electron chi connectivity index (χ3n) is 8.54. The molecule has 1 saturated heterocycles. The average molecular weight is 537 g/mol. The highest BCUT2D eigenvalue weighted by Gasteiger charge is 2.50. The zero-order valence-corrected chi connectivity index (χ0v) is 23.2. The van der Waals surface area contributed by atoms with E-state index in [0.717, 1.165) is 54.7 Å². The molecule has 2 aliphatic heterocycles. The van der Waals surface area contributed by atoms with E-state index in [9.17, 15) is 9.59 Å². The van der Waals surface area contributed by atoms with Crippen LogP contribution in [0.1, 0.15) is 41.4 Å². The Kier molecular flexibility index (Phi) is 7.07. The molecule has 206 valence electrons. The summed E-state index contributed by atoms with van der Waals surface area (Å²) >= 11 is 0. The van der Waals surface area contributed by atoms with Gasteiger partial charge in [-0.2, -0.15) is 0 Å². The summed E-state index contributed by atoms with van der Waals surface area (Å²) in [5, 5.41) is 4.17. The molecule has 2 aliphatic rings. The van der Waals surface area contributed by atoms with Gasteiger partial charge in [0.2, 0.25) is 5.91 Å². The van der Waals surface area contributed by atoms with Crippen LogP contribution in [0.4, 0.5) is 0 Å². The second-order valence-corrected chi connectivity index (χ2v) is 11.1. The van der Waals surface area contributed by atoms with Crippen molar-refractivity contribution in [2.24, 2.45) is 0 Å². The van der Waals surface area contributed by atoms with Gasteiger partial charge in [-0.15, -0.1) is 0 Å². The first-order valence-corrected chi connectivity index (χ1v) is 14.1. The Morgan fingerprint density at radius 2 is 1.68 bits per heavy atom. The molecule has 0 bridgehead atoms. The second-order valence-electron chi connectivity index (χ2n) is 11.1. The molecule has 0 unspecified atom stereocenters. The molecule has 4 aromatic rings. The number of hydrogen-bond acceptors (Lipinski definition) is 4. The number of para-hydroxylation sites is 2. The van der Waals surface area contributed by atoms with Crippen molar-refractivity contribution in [2.45, 2.75) is 51.0 Å². The monoisotopic (exact) mass is 536 g/mol. The number of nitrogens with zero attached hydrogens (tertiary/aromatic N) is 3. The van der Waals surface area contributed by atoms with Gasteiger partial charge in [-0.25, -0.2) is 0 Å². The predicted octanol–water partition coefficient (Wildman–Crippen LogP) is 4.85. The minimum atomic E-state index is -1.04. The number of benzene rings is 3. The number of piperidine rings is 1. The highest BCUT2D eigenvalue weighted by atomic mass is 16.5. The van der Waals surface area contributed by atoms with E-state index in [1.54, 1.807) is 7.11 Å². The molecule has 1 fully saturated rings. The van der Waals surface area contributed by atoms with Crippen LogP contribution in [0.25, 0.3) is 10.9 Å². The summed E-state index contributed by atoms with van der Waals surface area (Å²) in [6.45, 7) is 5.32. The first kappa shape index (κ1) is 26.1. The van der Waals surface area contributed by atoms with Crippen molar-refractivity contribution in [1.82, 2.24) is 19.7 Å². The van der Waals surface area contributed by atoms with Crippen molar-refractivity contribution >= 4 is 22.7 Å². The number of fused-ring (bicyclic) bond motifs is 3. The maximum Gasteiger partial charge on any atom is 0.271 e. The fourth-order valence-corrected chi connectivity index (χ4v) is 6.43. The largest absolute Gasteiger partial charge is 0.496 e. The molecule has 1 atom stereocenters. The Morgan fingerprint density at radius 1 is 0.975 bits per heavy atom. The van der Waals surface area contributed by atoms with Crippen LogP contribution in [0, 0.1) is 0 Å². The smallest absolute Gasteiger partial charge is 0.271 e. The molecule has 2 amide bonds. The summed E-state index contributed by atoms with van der Waals surface area (Å²) in [4.78, 5) is 32.7. The molecule has 0 spiro atoms. The van der Waals surface area contributed by atoms with Gasteiger partial charge < -0.3 is 19.5 Å². The van der Waals surface area contributed by atoms with Crippen molar-refractivity contribution in [3.8, 4) is 5.75 Å². The number of methoxy groups -OCH3 is 1. The molecule has 1 N–H and O–H groups in total. The number of carbonyl (C=O) groups excluding carboxylic acids is 2. The zero-order valence-electron chi connectivity index (χ0n) is 23.2. The van der Waals surface area contributed by atoms with Gasteiger partial charge in [-0.3, -0.25) is 14.5 Å². The topological polar surface area (TPSA) is 66.8 Å². The minimum absolute atomic E-state index is 0.0201. The Hall–Kier alpha value is -4.10. The highest BCUT2D eigenvalue weighted by molar-refractivity contribution is 6.03. The van der Waals surface area contributed by atoms with Crippen LogP contribution < -0.4 is 10.1 Å². The average Bonchev–Trinajstić information content (AvgIpc) is 3.36. The summed E-state index contributed by atoms with van der Waals surface area (Å²) in [5.74, 6) is 0.509. The fourth-order valence-electron chi connectivity index (χ4n) is 6.43. The summed E-state index contributed by atoms with van der Waals surface area (Å²) in [7, 11) is 1.63. The van der Waals surface area contributed by atoms with Gasteiger partial charge >= 0.3 is 0 Å². The van der Waals surface area contributed by atoms with E-state index in [-0.39, 0.29) is 17.9 Å². The Bertz CT molecular complexity index is 1520. The van der Waals surface area contributed by atoms with Crippen molar-refractivity contribution in [2.75, 3.05) is 20.2 Å². The van der Waals surface area contributed by atoms with Crippen LogP contribution in [0.3, 0.4) is 0 Å². The van der Waals surface area contributed by atoms with E-state index in [2.05, 4.69) is 34.5 Å². The van der Waals surface area contributed by atoms with Gasteiger partial charge in [0.05, 0.1) is 13.7 Å². The predicted molar refractivity (Wildman–Crippen MR) is 156 cm³/mol. The van der Waals surface area contributed by atoms with Crippen molar-refractivity contribution in [3.63, 3.8) is 0 Å². The van der Waals surface area contributed by atoms with Gasteiger partial charge in [0.1, 0.15) is 17.0 Å². The number of likely N-dealkylation sites (tertiary alicyclic amines) is 1. The van der Waals surface area contributed by atoms with Gasteiger partial charge in [0.25, 0.3) is 5.91 Å². The molecule has 3 heterocycles. The van der Waals surface area contributed by atoms with Crippen LogP contribution in [-0.4, -0.2) is 58.0 Å². The molecule has 1 aromatic heterocycles. The number of aromatic nitrogens is 1. The third kappa shape index (κ3) is 4.75. The number of ether oxygens (including phenoxy) is 1. The van der Waals surface area contributed by atoms with E-state index in [1.807, 2.05) is 77.1 Å². The first-order valence-electron chi connectivity index (χ1n) is 14.1. The lowest BCUT2D eigenvalue weighted by molar-refractivity contribution is -0.135. The third-order valence-corrected chi connectivity index (χ3v) is 8.54. The second kappa shape index (κ2) is 10.8. The summed E-state index contributed by atoms with van der Waals surface area (Å²) in [6.07, 6.45) is 1.66. The van der Waals surface area contributed by atoms with E-state index >= 15 is 0 Å². The SMILES string of the molecule is COc1ccccc1CNC(=O)[C@@]1(C)Cn2c(cc3ccccc32)C(=O)N1C1CCN(Cc2ccccc2)CC1. The standard InChI is InChI=1S/C33H36N4O3/c1-33(32(39)34-21-26-13-7-9-15-30(26)40-2)23-36-28-14-8-6-12-25(28)20-29(36)31(38)37(33)27-16-18-35(19-17-27)22-24-10-4-3-5-11-24/h3-15,20,27H,16-19,21-23H2,1-2H3,(H,34,39)/t33-/m1/s1. The lowest BCUT2D eigenvalue weighted by Crippen LogP contribution is -2.67. The number of hydrogen-bond donors (Lipinski definition) is 1. The summed E-state index contributed by atoms with van der Waals surface area (Å²) < 4.78 is 7.52. The van der Waals surface area contributed by atoms with E-state index in [0.29, 0.717) is 18.8 Å². The lowest BCUT2D eigenvalue weighted by Gasteiger charge is -2.50. The van der Waals surface area contributed by atoms with E-state index in [1.165, 1.54) is 5.56 Å². The summed E-state index contributed by atoms with van der Waals surface area (Å²) in [6, 6.07) is 28.1. The molecular formula is C33H36N4O3. The molecule has 7 nitrogen and oxygen atoms in total. The highest BCUT2D eigenvalue weighted by Crippen LogP contribution is 2.36. The van der Waals surface area contributed by atoms with E-state index in [4.69, 9.17) is 4.74 Å². The molecule has 40 heavy (non-hydrogen) atoms. The molecule has 0 aliphatic carbocycles. The van der Waals surface area contributed by atoms with Crippen molar-refractivity contribution < 1.29 is 14.3 Å². The molecule has 6 rings (SSSR count). The normalized spacial score (nSPS) is 19.9. The Morgan fingerprint density at radius 3 is 2.45 bits per heavy atom. The maximum absolute atomic E-state index is 14.2. The quantitative estimate of drug-likeness (QED) is 0.367. The van der Waals surface area contributed by atoms with Crippen LogP contribution >= 0.6 is 0 Å². The number of nitrogens with one attached hydrogen (secondary N) is 1. The maximum atomic E-state index is 14.2. The first-order chi connectivity index (χ1) is 19.5. The molecule has 0 radical (unpaired) electrons. The molecule has 3 aromatic carbocycles. The number of carbonyl (C=O) groups is 2. The van der Waals surface area contributed by atoms with Crippen molar-refractivity contribution in [1.29, 1.82) is 0 Å². The van der Waals surface area contributed by atoms with Crippen LogP contribution in [0.2, 0.25) is 0 Å². The Balaban J connectivity index is 1.28. The molecular weight excluding hydrogens is 500 g/mol. The molecule has 7 heteroatoms. The lowest BCUT2D eigenvalue weighted by atomic mass is 9.89. The number of rotatable bonds is 7. The summed E-state index contributed by atoms with van der Waals surface area (Å²) in [5.41, 5.74) is 2.78. The van der Waals surface area contributed by atoms with Gasteiger partial charge in [-0.1, -0.05) is 66.7 Å². The van der Waals surface area contributed by atoms with E-state index < -0.39 is 5.54 Å². The van der Waals surface area contributed by atoms with Crippen LogP contribution in [0.5, 0.6) is 5.75 Å². The number of amides is 2. The Labute approximate surface area is 235 Å².